The maximum Gasteiger partial charge on any atom is 0.169 e. The van der Waals surface area contributed by atoms with Gasteiger partial charge in [0.05, 0.1) is 18.2 Å². The summed E-state index contributed by atoms with van der Waals surface area (Å²) in [6.07, 6.45) is 0. The van der Waals surface area contributed by atoms with Crippen molar-refractivity contribution in [3.8, 4) is 28.0 Å². The molecule has 0 aliphatic heterocycles. The van der Waals surface area contributed by atoms with E-state index in [-0.39, 0.29) is 17.2 Å². The maximum atomic E-state index is 15.3. The summed E-state index contributed by atoms with van der Waals surface area (Å²) in [6.45, 7) is 0. The number of benzene rings is 5. The third-order valence-electron chi connectivity index (χ3n) is 5.99. The van der Waals surface area contributed by atoms with Crippen molar-refractivity contribution >= 4 is 21.5 Å². The van der Waals surface area contributed by atoms with Crippen molar-refractivity contribution in [2.24, 2.45) is 0 Å². The highest BCUT2D eigenvalue weighted by Gasteiger charge is 2.30. The normalized spacial score (nSPS) is 11.5. The quantitative estimate of drug-likeness (QED) is 0.131. The summed E-state index contributed by atoms with van der Waals surface area (Å²) in [6, 6.07) is 4.91. The van der Waals surface area contributed by atoms with Crippen molar-refractivity contribution in [1.29, 1.82) is 0 Å². The lowest BCUT2D eigenvalue weighted by Crippen LogP contribution is -2.03. The highest BCUT2D eigenvalue weighted by molar-refractivity contribution is 6.21. The number of rotatable bonds is 3. The molecule has 0 N–H and O–H groups in total. The first kappa shape index (κ1) is 24.5. The van der Waals surface area contributed by atoms with Crippen LogP contribution in [-0.4, -0.2) is 7.11 Å². The minimum atomic E-state index is -1.97. The number of halogens is 9. The summed E-state index contributed by atoms with van der Waals surface area (Å²) in [4.78, 5) is 0. The van der Waals surface area contributed by atoms with Crippen LogP contribution in [0.3, 0.4) is 0 Å². The summed E-state index contributed by atoms with van der Waals surface area (Å²) < 4.78 is 138. The Balaban J connectivity index is 2.14. The fourth-order valence-electron chi connectivity index (χ4n) is 4.47. The first-order chi connectivity index (χ1) is 17.5. The minimum absolute atomic E-state index is 0.0907. The van der Waals surface area contributed by atoms with Gasteiger partial charge in [-0.15, -0.1) is 0 Å². The summed E-state index contributed by atoms with van der Waals surface area (Å²) in [5, 5.41) is -2.82. The Kier molecular flexibility index (Phi) is 5.77. The Morgan fingerprint density at radius 2 is 0.973 bits per heavy atom. The summed E-state index contributed by atoms with van der Waals surface area (Å²) in [5.41, 5.74) is -3.91. The van der Waals surface area contributed by atoms with E-state index >= 15 is 17.6 Å². The van der Waals surface area contributed by atoms with Gasteiger partial charge in [0.1, 0.15) is 34.8 Å². The largest absolute Gasteiger partial charge is 0.497 e. The van der Waals surface area contributed by atoms with Gasteiger partial charge in [-0.05, 0) is 35.0 Å². The molecule has 5 rings (SSSR count). The smallest absolute Gasteiger partial charge is 0.169 e. The fraction of sp³-hybridized carbons (Fsp3) is 0.0370. The van der Waals surface area contributed by atoms with Gasteiger partial charge in [0.15, 0.2) is 23.3 Å². The molecule has 188 valence electrons. The van der Waals surface area contributed by atoms with Gasteiger partial charge < -0.3 is 4.74 Å². The Morgan fingerprint density at radius 1 is 0.459 bits per heavy atom. The molecule has 5 aromatic rings. The number of hydrogen-bond acceptors (Lipinski definition) is 1. The van der Waals surface area contributed by atoms with Gasteiger partial charge in [-0.25, -0.2) is 39.5 Å². The molecule has 0 fully saturated rings. The molecule has 0 radical (unpaired) electrons. The Hall–Kier alpha value is -4.21. The number of ether oxygens (including phenoxy) is 1. The molecule has 5 aromatic carbocycles. The predicted octanol–water partition coefficient (Wildman–Crippen LogP) is 8.59. The first-order valence-electron chi connectivity index (χ1n) is 10.4. The monoisotopic (exact) mass is 522 g/mol. The molecule has 0 amide bonds. The van der Waals surface area contributed by atoms with E-state index in [0.29, 0.717) is 18.2 Å². The molecule has 0 saturated carbocycles. The van der Waals surface area contributed by atoms with Crippen molar-refractivity contribution in [3.63, 3.8) is 0 Å². The standard InChI is InChI=1S/C27H11F9O/c1-37-11-7-16(31)22(17(32)8-11)20-12-3-2-10(28)6-13(12)21(24-15(30)5-4-14(29)23(20)24)25-26(35)18(33)9-19(34)27(25)36/h2-9H,1H3. The molecule has 0 aliphatic rings. The third-order valence-corrected chi connectivity index (χ3v) is 5.99. The van der Waals surface area contributed by atoms with E-state index in [4.69, 9.17) is 4.74 Å². The predicted molar refractivity (Wildman–Crippen MR) is 119 cm³/mol. The highest BCUT2D eigenvalue weighted by Crippen LogP contribution is 2.48. The van der Waals surface area contributed by atoms with Crippen molar-refractivity contribution in [2.45, 2.75) is 0 Å². The van der Waals surface area contributed by atoms with Crippen molar-refractivity contribution in [3.05, 3.63) is 101 Å². The number of fused-ring (bicyclic) bond motifs is 2. The van der Waals surface area contributed by atoms with Gasteiger partial charge in [-0.1, -0.05) is 6.07 Å². The molecule has 1 nitrogen and oxygen atoms in total. The van der Waals surface area contributed by atoms with Gasteiger partial charge >= 0.3 is 0 Å². The van der Waals surface area contributed by atoms with Crippen molar-refractivity contribution in [1.82, 2.24) is 0 Å². The Bertz CT molecular complexity index is 1710. The molecule has 0 saturated heterocycles. The van der Waals surface area contributed by atoms with Crippen LogP contribution in [-0.2, 0) is 0 Å². The van der Waals surface area contributed by atoms with E-state index in [1.165, 1.54) is 0 Å². The summed E-state index contributed by atoms with van der Waals surface area (Å²) >= 11 is 0. The van der Waals surface area contributed by atoms with Crippen LogP contribution in [0.5, 0.6) is 5.75 Å². The third kappa shape index (κ3) is 3.66. The van der Waals surface area contributed by atoms with Gasteiger partial charge in [0, 0.05) is 40.1 Å². The second-order valence-electron chi connectivity index (χ2n) is 8.03. The maximum absolute atomic E-state index is 15.3. The summed E-state index contributed by atoms with van der Waals surface area (Å²) in [5.74, 6) is -14.2. The van der Waals surface area contributed by atoms with E-state index < -0.39 is 90.8 Å². The van der Waals surface area contributed by atoms with Crippen LogP contribution in [0.1, 0.15) is 0 Å². The van der Waals surface area contributed by atoms with Crippen LogP contribution < -0.4 is 4.74 Å². The van der Waals surface area contributed by atoms with E-state index in [0.717, 1.165) is 31.4 Å². The molecule has 0 spiro atoms. The van der Waals surface area contributed by atoms with Crippen LogP contribution in [0, 0.1) is 52.4 Å². The van der Waals surface area contributed by atoms with E-state index in [9.17, 15) is 22.0 Å². The molecule has 0 unspecified atom stereocenters. The van der Waals surface area contributed by atoms with E-state index in [1.54, 1.807) is 0 Å². The van der Waals surface area contributed by atoms with Crippen LogP contribution in [0.15, 0.2) is 48.5 Å². The molecular weight excluding hydrogens is 511 g/mol. The van der Waals surface area contributed by atoms with Crippen LogP contribution in [0.4, 0.5) is 39.5 Å². The zero-order valence-electron chi connectivity index (χ0n) is 18.4. The molecule has 0 aliphatic carbocycles. The average Bonchev–Trinajstić information content (AvgIpc) is 2.85. The lowest BCUT2D eigenvalue weighted by Gasteiger charge is -2.20. The number of hydrogen-bond donors (Lipinski definition) is 0. The van der Waals surface area contributed by atoms with Crippen LogP contribution in [0.2, 0.25) is 0 Å². The zero-order valence-corrected chi connectivity index (χ0v) is 18.4. The number of methoxy groups -OCH3 is 1. The van der Waals surface area contributed by atoms with Gasteiger partial charge in [-0.2, -0.15) is 0 Å². The molecular formula is C27H11F9O. The van der Waals surface area contributed by atoms with Crippen LogP contribution in [0.25, 0.3) is 43.8 Å². The second kappa shape index (κ2) is 8.72. The van der Waals surface area contributed by atoms with Crippen molar-refractivity contribution < 1.29 is 44.3 Å². The molecule has 37 heavy (non-hydrogen) atoms. The molecule has 0 atom stereocenters. The lowest BCUT2D eigenvalue weighted by atomic mass is 9.84. The lowest BCUT2D eigenvalue weighted by molar-refractivity contribution is 0.407. The highest BCUT2D eigenvalue weighted by atomic mass is 19.2. The zero-order chi connectivity index (χ0) is 26.8. The average molecular weight is 522 g/mol. The molecule has 0 aromatic heterocycles. The van der Waals surface area contributed by atoms with Gasteiger partial charge in [0.2, 0.25) is 0 Å². The second-order valence-corrected chi connectivity index (χ2v) is 8.03. The molecule has 10 heteroatoms. The minimum Gasteiger partial charge on any atom is -0.497 e. The Labute approximate surface area is 202 Å². The topological polar surface area (TPSA) is 9.23 Å². The fourth-order valence-corrected chi connectivity index (χ4v) is 4.47. The molecule has 0 bridgehead atoms. The van der Waals surface area contributed by atoms with E-state index in [1.807, 2.05) is 0 Å². The first-order valence-corrected chi connectivity index (χ1v) is 10.4. The Morgan fingerprint density at radius 3 is 1.49 bits per heavy atom. The van der Waals surface area contributed by atoms with E-state index in [2.05, 4.69) is 0 Å². The summed E-state index contributed by atoms with van der Waals surface area (Å²) in [7, 11) is 1.13. The van der Waals surface area contributed by atoms with Crippen LogP contribution >= 0.6 is 0 Å². The van der Waals surface area contributed by atoms with Gasteiger partial charge in [0.25, 0.3) is 0 Å². The molecule has 0 heterocycles. The SMILES string of the molecule is COc1cc(F)c(-c2c3ccc(F)cc3c(-c3c(F)c(F)cc(F)c3F)c3c(F)ccc(F)c23)c(F)c1. The van der Waals surface area contributed by atoms with Crippen molar-refractivity contribution in [2.75, 3.05) is 7.11 Å². The van der Waals surface area contributed by atoms with Gasteiger partial charge in [-0.3, -0.25) is 0 Å².